The van der Waals surface area contributed by atoms with E-state index in [2.05, 4.69) is 35.8 Å². The van der Waals surface area contributed by atoms with Gasteiger partial charge in [-0.25, -0.2) is 14.1 Å². The number of nitrogens with two attached hydrogens (primary N) is 1. The maximum atomic E-state index is 14.4. The van der Waals surface area contributed by atoms with Crippen LogP contribution in [0, 0.1) is 5.82 Å². The van der Waals surface area contributed by atoms with Gasteiger partial charge in [-0.05, 0) is 42.5 Å². The van der Waals surface area contributed by atoms with Gasteiger partial charge in [-0.3, -0.25) is 9.59 Å². The van der Waals surface area contributed by atoms with Gasteiger partial charge in [0, 0.05) is 44.2 Å². The minimum absolute atomic E-state index is 0.0548. The first-order valence-electron chi connectivity index (χ1n) is 12.4. The molecule has 0 bridgehead atoms. The second-order valence-electron chi connectivity index (χ2n) is 9.78. The molecule has 1 fully saturated rings. The lowest BCUT2D eigenvalue weighted by molar-refractivity contribution is -0.126. The Morgan fingerprint density at radius 3 is 2.62 bits per heavy atom. The zero-order chi connectivity index (χ0) is 25.8. The first-order valence-corrected chi connectivity index (χ1v) is 12.8. The standard InChI is InChI=1S/C27H26ClFN6O2/c1-2-22(36)33-11-9-19-23-20(35(32-19)17-7-5-16(6-8-17)15-3-4-15)10-12-34(21(23)14-33)27(37)18-13-31-26(28)24(29)25(18)30/h2,5-8,13,15,21H,1,3-4,9-12,14H2,(H2,30,31). The Morgan fingerprint density at radius 2 is 1.92 bits per heavy atom. The predicted octanol–water partition coefficient (Wildman–Crippen LogP) is 3.83. The Balaban J connectivity index is 1.42. The summed E-state index contributed by atoms with van der Waals surface area (Å²) >= 11 is 5.76. The number of pyridine rings is 1. The molecular formula is C27H26ClFN6O2. The molecule has 1 aromatic carbocycles. The van der Waals surface area contributed by atoms with E-state index in [9.17, 15) is 14.0 Å². The molecule has 37 heavy (non-hydrogen) atoms. The van der Waals surface area contributed by atoms with Crippen LogP contribution in [-0.4, -0.2) is 56.0 Å². The monoisotopic (exact) mass is 520 g/mol. The molecule has 4 heterocycles. The molecule has 0 saturated heterocycles. The number of nitrogen functional groups attached to an aromatic ring is 1. The van der Waals surface area contributed by atoms with Crippen LogP contribution in [-0.2, 0) is 17.6 Å². The van der Waals surface area contributed by atoms with Gasteiger partial charge in [0.2, 0.25) is 5.91 Å². The summed E-state index contributed by atoms with van der Waals surface area (Å²) in [7, 11) is 0. The molecule has 1 aliphatic carbocycles. The van der Waals surface area contributed by atoms with E-state index in [0.717, 1.165) is 22.6 Å². The minimum Gasteiger partial charge on any atom is -0.396 e. The van der Waals surface area contributed by atoms with Crippen molar-refractivity contribution in [3.8, 4) is 5.69 Å². The Kier molecular flexibility index (Phi) is 5.75. The summed E-state index contributed by atoms with van der Waals surface area (Å²) in [5.74, 6) is -0.931. The summed E-state index contributed by atoms with van der Waals surface area (Å²) in [6, 6.07) is 8.05. The van der Waals surface area contributed by atoms with Crippen LogP contribution in [0.5, 0.6) is 0 Å². The van der Waals surface area contributed by atoms with E-state index in [1.165, 1.54) is 30.7 Å². The van der Waals surface area contributed by atoms with Crippen molar-refractivity contribution in [1.82, 2.24) is 24.6 Å². The number of aromatic nitrogens is 3. The topological polar surface area (TPSA) is 97.4 Å². The summed E-state index contributed by atoms with van der Waals surface area (Å²) in [4.78, 5) is 33.4. The summed E-state index contributed by atoms with van der Waals surface area (Å²) in [5.41, 5.74) is 10.6. The van der Waals surface area contributed by atoms with Crippen LogP contribution in [0.3, 0.4) is 0 Å². The number of hydrogen-bond donors (Lipinski definition) is 1. The lowest BCUT2D eigenvalue weighted by atomic mass is 9.94. The van der Waals surface area contributed by atoms with E-state index in [1.807, 2.05) is 4.68 Å². The number of benzene rings is 1. The molecule has 1 saturated carbocycles. The lowest BCUT2D eigenvalue weighted by Crippen LogP contribution is -2.46. The average molecular weight is 521 g/mol. The fourth-order valence-electron chi connectivity index (χ4n) is 5.49. The molecule has 8 nitrogen and oxygen atoms in total. The molecule has 190 valence electrons. The van der Waals surface area contributed by atoms with Crippen molar-refractivity contribution >= 4 is 29.1 Å². The summed E-state index contributed by atoms with van der Waals surface area (Å²) in [5, 5.41) is 4.58. The predicted molar refractivity (Wildman–Crippen MR) is 137 cm³/mol. The number of halogens is 2. The van der Waals surface area contributed by atoms with Gasteiger partial charge in [0.1, 0.15) is 0 Å². The fourth-order valence-corrected chi connectivity index (χ4v) is 5.64. The van der Waals surface area contributed by atoms with Gasteiger partial charge in [0.05, 0.1) is 34.4 Å². The Labute approximate surface area is 218 Å². The third kappa shape index (κ3) is 3.98. The van der Waals surface area contributed by atoms with Crippen molar-refractivity contribution in [1.29, 1.82) is 0 Å². The van der Waals surface area contributed by atoms with E-state index in [4.69, 9.17) is 22.4 Å². The number of carbonyl (C=O) groups excluding carboxylic acids is 2. The van der Waals surface area contributed by atoms with Gasteiger partial charge >= 0.3 is 0 Å². The van der Waals surface area contributed by atoms with Crippen molar-refractivity contribution in [2.75, 3.05) is 25.4 Å². The molecule has 2 N–H and O–H groups in total. The van der Waals surface area contributed by atoms with Crippen molar-refractivity contribution < 1.29 is 14.0 Å². The van der Waals surface area contributed by atoms with Crippen LogP contribution in [0.4, 0.5) is 10.1 Å². The number of nitrogens with zero attached hydrogens (tertiary/aromatic N) is 5. The van der Waals surface area contributed by atoms with Gasteiger partial charge in [-0.15, -0.1) is 0 Å². The number of carbonyl (C=O) groups is 2. The second-order valence-corrected chi connectivity index (χ2v) is 10.1. The Bertz CT molecular complexity index is 1430. The molecule has 2 aliphatic heterocycles. The number of rotatable bonds is 4. The van der Waals surface area contributed by atoms with Crippen molar-refractivity contribution in [3.05, 3.63) is 82.2 Å². The van der Waals surface area contributed by atoms with E-state index in [-0.39, 0.29) is 28.9 Å². The highest BCUT2D eigenvalue weighted by molar-refractivity contribution is 6.30. The second kappa shape index (κ2) is 8.99. The molecule has 0 spiro atoms. The zero-order valence-corrected chi connectivity index (χ0v) is 20.9. The molecule has 0 radical (unpaired) electrons. The lowest BCUT2D eigenvalue weighted by Gasteiger charge is -2.38. The summed E-state index contributed by atoms with van der Waals surface area (Å²) in [6.07, 6.45) is 6.05. The number of hydrogen-bond acceptors (Lipinski definition) is 5. The molecule has 3 aliphatic rings. The van der Waals surface area contributed by atoms with Gasteiger partial charge in [0.25, 0.3) is 5.91 Å². The van der Waals surface area contributed by atoms with Crippen LogP contribution in [0.1, 0.15) is 57.7 Å². The zero-order valence-electron chi connectivity index (χ0n) is 20.2. The quantitative estimate of drug-likeness (QED) is 0.416. The van der Waals surface area contributed by atoms with Gasteiger partial charge < -0.3 is 15.5 Å². The molecule has 1 unspecified atom stereocenters. The maximum absolute atomic E-state index is 14.4. The van der Waals surface area contributed by atoms with Crippen molar-refractivity contribution in [2.45, 2.75) is 37.6 Å². The van der Waals surface area contributed by atoms with Crippen LogP contribution in [0.15, 0.2) is 43.1 Å². The molecular weight excluding hydrogens is 495 g/mol. The van der Waals surface area contributed by atoms with Crippen molar-refractivity contribution in [3.63, 3.8) is 0 Å². The molecule has 3 aromatic rings. The van der Waals surface area contributed by atoms with Gasteiger partial charge in [-0.1, -0.05) is 30.3 Å². The highest BCUT2D eigenvalue weighted by Gasteiger charge is 2.40. The van der Waals surface area contributed by atoms with E-state index in [1.54, 1.807) is 9.80 Å². The Morgan fingerprint density at radius 1 is 1.16 bits per heavy atom. The average Bonchev–Trinajstić information content (AvgIpc) is 3.72. The first-order chi connectivity index (χ1) is 17.9. The highest BCUT2D eigenvalue weighted by Crippen LogP contribution is 2.41. The van der Waals surface area contributed by atoms with Crippen molar-refractivity contribution in [2.24, 2.45) is 0 Å². The van der Waals surface area contributed by atoms with Gasteiger partial charge in [0.15, 0.2) is 11.0 Å². The molecule has 6 rings (SSSR count). The van der Waals surface area contributed by atoms with E-state index < -0.39 is 17.8 Å². The molecule has 2 aromatic heterocycles. The smallest absolute Gasteiger partial charge is 0.258 e. The summed E-state index contributed by atoms with van der Waals surface area (Å²) < 4.78 is 16.4. The third-order valence-electron chi connectivity index (χ3n) is 7.59. The Hall–Kier alpha value is -3.72. The first kappa shape index (κ1) is 23.7. The third-order valence-corrected chi connectivity index (χ3v) is 7.85. The minimum atomic E-state index is -0.919. The molecule has 2 amide bonds. The van der Waals surface area contributed by atoms with Crippen LogP contribution in [0.25, 0.3) is 5.69 Å². The van der Waals surface area contributed by atoms with Crippen LogP contribution >= 0.6 is 11.6 Å². The van der Waals surface area contributed by atoms with Gasteiger partial charge in [-0.2, -0.15) is 5.10 Å². The van der Waals surface area contributed by atoms with E-state index >= 15 is 0 Å². The number of anilines is 1. The largest absolute Gasteiger partial charge is 0.396 e. The van der Waals surface area contributed by atoms with Crippen LogP contribution in [0.2, 0.25) is 5.15 Å². The normalized spacial score (nSPS) is 18.8. The SMILES string of the molecule is C=CC(=O)N1CCc2nn(-c3ccc(C4CC4)cc3)c3c2C(C1)N(C(=O)c1cnc(Cl)c(F)c1N)CC3. The maximum Gasteiger partial charge on any atom is 0.258 e. The van der Waals surface area contributed by atoms with E-state index in [0.29, 0.717) is 31.8 Å². The summed E-state index contributed by atoms with van der Waals surface area (Å²) in [6.45, 7) is 4.69. The molecule has 10 heteroatoms. The molecule has 1 atom stereocenters. The number of amides is 2. The van der Waals surface area contributed by atoms with Crippen LogP contribution < -0.4 is 5.73 Å². The highest BCUT2D eigenvalue weighted by atomic mass is 35.5. The fraction of sp³-hybridized carbons (Fsp3) is 0.333.